The molecular weight excluding hydrogens is 398 g/mol. The molecule has 0 aliphatic carbocycles. The lowest BCUT2D eigenvalue weighted by Gasteiger charge is -2.04. The van der Waals surface area contributed by atoms with Gasteiger partial charge in [0, 0.05) is 10.6 Å². The lowest BCUT2D eigenvalue weighted by atomic mass is 10.1. The minimum absolute atomic E-state index is 0.305. The zero-order valence-corrected chi connectivity index (χ0v) is 18.1. The molecule has 2 aromatic carbocycles. The third-order valence-electron chi connectivity index (χ3n) is 4.62. The number of hydrogen-bond acceptors (Lipinski definition) is 6. The summed E-state index contributed by atoms with van der Waals surface area (Å²) in [6.07, 6.45) is 1.57. The minimum atomic E-state index is -0.305. The van der Waals surface area contributed by atoms with Crippen LogP contribution in [0.1, 0.15) is 28.6 Å². The Hall–Kier alpha value is -3.32. The van der Waals surface area contributed by atoms with Gasteiger partial charge >= 0.3 is 0 Å². The second-order valence-electron chi connectivity index (χ2n) is 6.76. The van der Waals surface area contributed by atoms with Crippen molar-refractivity contribution < 1.29 is 14.3 Å². The van der Waals surface area contributed by atoms with Crippen LogP contribution in [0.5, 0.6) is 11.5 Å². The highest BCUT2D eigenvalue weighted by Gasteiger charge is 2.15. The molecule has 0 spiro atoms. The number of rotatable bonds is 8. The highest BCUT2D eigenvalue weighted by Crippen LogP contribution is 2.34. The molecule has 0 aliphatic rings. The van der Waals surface area contributed by atoms with Gasteiger partial charge < -0.3 is 15.2 Å². The Labute approximate surface area is 180 Å². The van der Waals surface area contributed by atoms with Crippen molar-refractivity contribution >= 4 is 28.6 Å². The van der Waals surface area contributed by atoms with Crippen molar-refractivity contribution in [2.75, 3.05) is 20.0 Å². The summed E-state index contributed by atoms with van der Waals surface area (Å²) in [5.74, 6) is 1.31. The fraction of sp³-hybridized carbons (Fsp3) is 0.217. The second-order valence-corrected chi connectivity index (χ2v) is 7.81. The quantitative estimate of drug-likeness (QED) is 0.404. The molecule has 0 saturated heterocycles. The van der Waals surface area contributed by atoms with Crippen LogP contribution < -0.4 is 20.6 Å². The number of anilines is 1. The average Bonchev–Trinajstić information content (AvgIpc) is 3.18. The Morgan fingerprint density at radius 2 is 1.63 bits per heavy atom. The molecule has 0 bridgehead atoms. The number of ether oxygens (including phenoxy) is 2. The number of carbonyl (C=O) groups excluding carboxylic acids is 1. The van der Waals surface area contributed by atoms with Crippen LogP contribution in [0, 0.1) is 0 Å². The molecule has 6 nitrogen and oxygen atoms in total. The Bertz CT molecular complexity index is 1020. The lowest BCUT2D eigenvalue weighted by molar-refractivity contribution is 0.0959. The summed E-state index contributed by atoms with van der Waals surface area (Å²) in [6, 6.07) is 17.4. The maximum absolute atomic E-state index is 12.5. The number of nitrogens with two attached hydrogens (primary N) is 1. The Morgan fingerprint density at radius 1 is 1.03 bits per heavy atom. The van der Waals surface area contributed by atoms with E-state index < -0.39 is 0 Å². The number of benzene rings is 2. The molecule has 156 valence electrons. The summed E-state index contributed by atoms with van der Waals surface area (Å²) in [7, 11) is 3.27. The van der Waals surface area contributed by atoms with E-state index in [0.717, 1.165) is 40.5 Å². The topological polar surface area (TPSA) is 85.9 Å². The fourth-order valence-corrected chi connectivity index (χ4v) is 3.83. The first kappa shape index (κ1) is 21.4. The van der Waals surface area contributed by atoms with Crippen molar-refractivity contribution in [1.82, 2.24) is 5.43 Å². The maximum atomic E-state index is 12.5. The minimum Gasteiger partial charge on any atom is -0.497 e. The van der Waals surface area contributed by atoms with Gasteiger partial charge in [0.05, 0.1) is 19.9 Å². The summed E-state index contributed by atoms with van der Waals surface area (Å²) in [6.45, 7) is 1.89. The normalized spacial score (nSPS) is 11.2. The molecule has 0 radical (unpaired) electrons. The monoisotopic (exact) mass is 423 g/mol. The number of nitrogens with one attached hydrogen (secondary N) is 1. The predicted molar refractivity (Wildman–Crippen MR) is 123 cm³/mol. The third-order valence-corrected chi connectivity index (χ3v) is 5.82. The van der Waals surface area contributed by atoms with Crippen LogP contribution in [0.2, 0.25) is 0 Å². The molecule has 0 fully saturated rings. The van der Waals surface area contributed by atoms with Gasteiger partial charge in [0.2, 0.25) is 0 Å². The lowest BCUT2D eigenvalue weighted by Crippen LogP contribution is -2.19. The molecular formula is C23H25N3O3S. The summed E-state index contributed by atoms with van der Waals surface area (Å²) in [5, 5.41) is 4.22. The van der Waals surface area contributed by atoms with Gasteiger partial charge in [-0.3, -0.25) is 4.79 Å². The van der Waals surface area contributed by atoms with Gasteiger partial charge in [-0.2, -0.15) is 5.10 Å². The van der Waals surface area contributed by atoms with Crippen LogP contribution >= 0.6 is 11.3 Å². The van der Waals surface area contributed by atoms with Crippen molar-refractivity contribution in [2.24, 2.45) is 5.10 Å². The first-order chi connectivity index (χ1) is 14.5. The van der Waals surface area contributed by atoms with E-state index in [-0.39, 0.29) is 5.91 Å². The van der Waals surface area contributed by atoms with Crippen LogP contribution in [-0.4, -0.2) is 25.8 Å². The molecule has 0 aliphatic heterocycles. The van der Waals surface area contributed by atoms with E-state index in [9.17, 15) is 4.79 Å². The Kier molecular flexibility index (Phi) is 7.08. The summed E-state index contributed by atoms with van der Waals surface area (Å²) in [5.41, 5.74) is 12.1. The van der Waals surface area contributed by atoms with E-state index in [1.807, 2.05) is 61.5 Å². The van der Waals surface area contributed by atoms with E-state index in [1.165, 1.54) is 16.9 Å². The number of nitrogens with zero attached hydrogens (tertiary/aromatic N) is 1. The van der Waals surface area contributed by atoms with Crippen LogP contribution in [0.15, 0.2) is 59.7 Å². The number of nitrogen functional groups attached to an aromatic ring is 1. The van der Waals surface area contributed by atoms with Gasteiger partial charge in [0.1, 0.15) is 16.4 Å². The fourth-order valence-electron chi connectivity index (χ4n) is 2.85. The number of aryl methyl sites for hydroxylation is 1. The smallest absolute Gasteiger partial charge is 0.283 e. The highest BCUT2D eigenvalue weighted by atomic mass is 32.1. The number of hydrogen-bond donors (Lipinski definition) is 2. The first-order valence-corrected chi connectivity index (χ1v) is 10.3. The molecule has 3 N–H and O–H groups in total. The standard InChI is InChI=1S/C23H25N3O3S/c1-15(4-5-16-6-10-18(28-2)11-7-16)25-26-23(27)22-20(24)14-21(30-22)17-8-12-19(29-3)13-9-17/h6-14H,4-5,24H2,1-3H3,(H,26,27)/b25-15-. The van der Waals surface area contributed by atoms with Gasteiger partial charge in [0.15, 0.2) is 0 Å². The summed E-state index contributed by atoms with van der Waals surface area (Å²) in [4.78, 5) is 13.9. The number of hydrazone groups is 1. The molecule has 7 heteroatoms. The Morgan fingerprint density at radius 3 is 2.23 bits per heavy atom. The second kappa shape index (κ2) is 9.93. The van der Waals surface area contributed by atoms with Crippen molar-refractivity contribution in [3.05, 3.63) is 65.0 Å². The highest BCUT2D eigenvalue weighted by molar-refractivity contribution is 7.18. The van der Waals surface area contributed by atoms with Gasteiger partial charge in [-0.1, -0.05) is 12.1 Å². The van der Waals surface area contributed by atoms with Crippen LogP contribution in [0.25, 0.3) is 10.4 Å². The molecule has 1 heterocycles. The van der Waals surface area contributed by atoms with Gasteiger partial charge in [-0.25, -0.2) is 5.43 Å². The molecule has 30 heavy (non-hydrogen) atoms. The Balaban J connectivity index is 1.59. The molecule has 0 unspecified atom stereocenters. The largest absolute Gasteiger partial charge is 0.497 e. The number of thiophene rings is 1. The van der Waals surface area contributed by atoms with Crippen LogP contribution in [0.3, 0.4) is 0 Å². The van der Waals surface area contributed by atoms with Crippen LogP contribution in [-0.2, 0) is 6.42 Å². The maximum Gasteiger partial charge on any atom is 0.283 e. The molecule has 0 saturated carbocycles. The van der Waals surface area contributed by atoms with Gasteiger partial charge in [-0.05, 0) is 73.4 Å². The summed E-state index contributed by atoms with van der Waals surface area (Å²) < 4.78 is 10.3. The molecule has 0 atom stereocenters. The molecule has 1 aromatic heterocycles. The van der Waals surface area contributed by atoms with E-state index in [2.05, 4.69) is 10.5 Å². The molecule has 1 amide bonds. The predicted octanol–water partition coefficient (Wildman–Crippen LogP) is 4.75. The number of carbonyl (C=O) groups is 1. The average molecular weight is 424 g/mol. The van der Waals surface area contributed by atoms with Gasteiger partial charge in [-0.15, -0.1) is 11.3 Å². The third kappa shape index (κ3) is 5.39. The van der Waals surface area contributed by atoms with E-state index in [1.54, 1.807) is 14.2 Å². The number of methoxy groups -OCH3 is 2. The SMILES string of the molecule is COc1ccc(CC/C(C)=N\NC(=O)c2sc(-c3ccc(OC)cc3)cc2N)cc1. The molecule has 3 aromatic rings. The van der Waals surface area contributed by atoms with E-state index >= 15 is 0 Å². The van der Waals surface area contributed by atoms with Crippen molar-refractivity contribution in [1.29, 1.82) is 0 Å². The molecule has 3 rings (SSSR count). The van der Waals surface area contributed by atoms with Crippen molar-refractivity contribution in [3.63, 3.8) is 0 Å². The van der Waals surface area contributed by atoms with Gasteiger partial charge in [0.25, 0.3) is 5.91 Å². The zero-order chi connectivity index (χ0) is 21.5. The number of amides is 1. The van der Waals surface area contributed by atoms with Crippen LogP contribution in [0.4, 0.5) is 5.69 Å². The van der Waals surface area contributed by atoms with Crippen molar-refractivity contribution in [3.8, 4) is 21.9 Å². The van der Waals surface area contributed by atoms with E-state index in [4.69, 9.17) is 15.2 Å². The summed E-state index contributed by atoms with van der Waals surface area (Å²) >= 11 is 1.34. The van der Waals surface area contributed by atoms with Crippen molar-refractivity contribution in [2.45, 2.75) is 19.8 Å². The first-order valence-electron chi connectivity index (χ1n) is 9.50. The van der Waals surface area contributed by atoms with E-state index in [0.29, 0.717) is 10.6 Å². The zero-order valence-electron chi connectivity index (χ0n) is 17.3.